The molecule has 2 aliphatic heterocycles. The molecule has 1 N–H and O–H groups in total. The van der Waals surface area contributed by atoms with Crippen molar-refractivity contribution >= 4 is 29.1 Å². The molecular weight excluding hydrogens is 640 g/mol. The molecule has 1 fully saturated rings. The van der Waals surface area contributed by atoms with Crippen molar-refractivity contribution in [3.8, 4) is 11.5 Å². The third-order valence-electron chi connectivity index (χ3n) is 7.49. The van der Waals surface area contributed by atoms with Crippen LogP contribution in [0, 0.1) is 0 Å². The molecule has 48 heavy (non-hydrogen) atoms. The molecule has 0 aromatic heterocycles. The summed E-state index contributed by atoms with van der Waals surface area (Å²) in [6, 6.07) is 20.1. The van der Waals surface area contributed by atoms with E-state index >= 15 is 0 Å². The van der Waals surface area contributed by atoms with Crippen LogP contribution in [0.1, 0.15) is 63.0 Å². The molecule has 0 spiro atoms. The molecule has 0 aliphatic carbocycles. The average Bonchev–Trinajstić information content (AvgIpc) is 3.39. The Kier molecular flexibility index (Phi) is 10.9. The Bertz CT molecular complexity index is 1620. The van der Waals surface area contributed by atoms with Crippen molar-refractivity contribution < 1.29 is 46.8 Å². The van der Waals surface area contributed by atoms with Crippen LogP contribution in [0.4, 0.5) is 15.3 Å². The van der Waals surface area contributed by atoms with Gasteiger partial charge in [-0.3, -0.25) is 4.55 Å². The molecule has 3 aromatic carbocycles. The molecule has 2 unspecified atom stereocenters. The lowest BCUT2D eigenvalue weighted by Crippen LogP contribution is -2.37. The van der Waals surface area contributed by atoms with Crippen molar-refractivity contribution in [2.45, 2.75) is 71.7 Å². The summed E-state index contributed by atoms with van der Waals surface area (Å²) in [5, 5.41) is 0. The Morgan fingerprint density at radius 3 is 2.56 bits per heavy atom. The SMILES string of the molecule is CC(C)(C)OC(=O)N(c1cccc(COCCOc2ccc(CCN3CC(c4ccc5c(c4)COC(C)(C)O5)OC3=O)cc2)c1)S(=O)O. The Balaban J connectivity index is 1.03. The number of nitrogens with zero attached hydrogens (tertiary/aromatic N) is 2. The fraction of sp³-hybridized carbons (Fsp3) is 0.429. The van der Waals surface area contributed by atoms with Crippen molar-refractivity contribution in [1.29, 1.82) is 0 Å². The monoisotopic (exact) mass is 682 g/mol. The number of benzene rings is 3. The number of amides is 2. The normalized spacial score (nSPS) is 17.6. The van der Waals surface area contributed by atoms with E-state index in [1.165, 1.54) is 0 Å². The van der Waals surface area contributed by atoms with E-state index < -0.39 is 28.7 Å². The van der Waals surface area contributed by atoms with Crippen molar-refractivity contribution in [1.82, 2.24) is 4.90 Å². The van der Waals surface area contributed by atoms with Gasteiger partial charge >= 0.3 is 12.2 Å². The first-order valence-corrected chi connectivity index (χ1v) is 16.8. The summed E-state index contributed by atoms with van der Waals surface area (Å²) < 4.78 is 56.3. The van der Waals surface area contributed by atoms with E-state index in [2.05, 4.69) is 0 Å². The Labute approximate surface area is 283 Å². The van der Waals surface area contributed by atoms with Crippen LogP contribution < -0.4 is 13.8 Å². The van der Waals surface area contributed by atoms with Crippen LogP contribution in [0.3, 0.4) is 0 Å². The van der Waals surface area contributed by atoms with E-state index in [-0.39, 0.29) is 24.5 Å². The number of ether oxygens (including phenoxy) is 6. The number of rotatable bonds is 12. The van der Waals surface area contributed by atoms with Crippen molar-refractivity contribution in [3.63, 3.8) is 0 Å². The second-order valence-electron chi connectivity index (χ2n) is 12.9. The summed E-state index contributed by atoms with van der Waals surface area (Å²) >= 11 is -2.61. The number of hydrogen-bond donors (Lipinski definition) is 1. The maximum absolute atomic E-state index is 12.6. The zero-order valence-corrected chi connectivity index (χ0v) is 28.6. The predicted molar refractivity (Wildman–Crippen MR) is 178 cm³/mol. The molecule has 2 atom stereocenters. The third kappa shape index (κ3) is 9.47. The molecule has 2 heterocycles. The van der Waals surface area contributed by atoms with Crippen LogP contribution in [0.25, 0.3) is 0 Å². The van der Waals surface area contributed by atoms with Crippen LogP contribution >= 0.6 is 0 Å². The predicted octanol–water partition coefficient (Wildman–Crippen LogP) is 6.54. The molecule has 3 aromatic rings. The highest BCUT2D eigenvalue weighted by Gasteiger charge is 2.34. The van der Waals surface area contributed by atoms with Gasteiger partial charge in [-0.25, -0.2) is 13.8 Å². The van der Waals surface area contributed by atoms with Gasteiger partial charge in [-0.15, -0.1) is 0 Å². The van der Waals surface area contributed by atoms with Gasteiger partial charge in [0.15, 0.2) is 0 Å². The Morgan fingerprint density at radius 1 is 1.06 bits per heavy atom. The first kappa shape index (κ1) is 35.1. The van der Waals surface area contributed by atoms with E-state index in [9.17, 15) is 18.4 Å². The zero-order valence-electron chi connectivity index (χ0n) is 27.8. The molecule has 0 saturated carbocycles. The largest absolute Gasteiger partial charge is 0.491 e. The fourth-order valence-corrected chi connectivity index (χ4v) is 5.64. The minimum atomic E-state index is -2.61. The van der Waals surface area contributed by atoms with E-state index in [1.54, 1.807) is 49.9 Å². The topological polar surface area (TPSA) is 133 Å². The smallest absolute Gasteiger partial charge is 0.428 e. The molecule has 2 aliphatic rings. The molecule has 2 amide bonds. The van der Waals surface area contributed by atoms with Gasteiger partial charge in [-0.1, -0.05) is 30.3 Å². The maximum Gasteiger partial charge on any atom is 0.428 e. The van der Waals surface area contributed by atoms with Crippen molar-refractivity contribution in [2.24, 2.45) is 0 Å². The summed E-state index contributed by atoms with van der Waals surface area (Å²) in [6.45, 7) is 11.0. The number of carbonyl (C=O) groups excluding carboxylic acids is 2. The first-order valence-electron chi connectivity index (χ1n) is 15.7. The van der Waals surface area contributed by atoms with E-state index in [1.807, 2.05) is 56.3 Å². The highest BCUT2D eigenvalue weighted by Crippen LogP contribution is 2.35. The minimum absolute atomic E-state index is 0.212. The van der Waals surface area contributed by atoms with Crippen LogP contribution in [-0.4, -0.2) is 63.5 Å². The standard InChI is InChI=1S/C35H42N2O10S/c1-34(2,3)47-33(39)37(48(40)41)28-8-6-7-25(19-28)22-42-17-18-43-29-12-9-24(10-13-29)15-16-36-21-31(45-32(36)38)26-11-14-30-27(20-26)23-44-35(4,5)46-30/h6-14,19-20,31H,15-18,21-23H2,1-5H3,(H,40,41). The zero-order chi connectivity index (χ0) is 34.5. The second-order valence-corrected chi connectivity index (χ2v) is 13.8. The molecule has 1 saturated heterocycles. The highest BCUT2D eigenvalue weighted by molar-refractivity contribution is 7.81. The van der Waals surface area contributed by atoms with Crippen molar-refractivity contribution in [2.75, 3.05) is 30.6 Å². The summed E-state index contributed by atoms with van der Waals surface area (Å²) in [5.41, 5.74) is 3.02. The second kappa shape index (κ2) is 14.9. The Hall–Kier alpha value is -4.17. The lowest BCUT2D eigenvalue weighted by atomic mass is 10.0. The number of hydrogen-bond acceptors (Lipinski definition) is 9. The van der Waals surface area contributed by atoms with Gasteiger partial charge in [0.25, 0.3) is 11.3 Å². The summed E-state index contributed by atoms with van der Waals surface area (Å²) in [7, 11) is 0. The fourth-order valence-electron chi connectivity index (χ4n) is 5.18. The number of fused-ring (bicyclic) bond motifs is 1. The Morgan fingerprint density at radius 2 is 1.83 bits per heavy atom. The average molecular weight is 683 g/mol. The van der Waals surface area contributed by atoms with E-state index in [0.29, 0.717) is 54.9 Å². The van der Waals surface area contributed by atoms with Gasteiger partial charge in [0.2, 0.25) is 5.79 Å². The third-order valence-corrected chi connectivity index (χ3v) is 8.17. The van der Waals surface area contributed by atoms with Gasteiger partial charge in [0.05, 0.1) is 32.1 Å². The minimum Gasteiger partial charge on any atom is -0.491 e. The van der Waals surface area contributed by atoms with Gasteiger partial charge in [-0.05, 0) is 80.3 Å². The van der Waals surface area contributed by atoms with Crippen LogP contribution in [0.5, 0.6) is 11.5 Å². The summed E-state index contributed by atoms with van der Waals surface area (Å²) in [4.78, 5) is 26.8. The quantitative estimate of drug-likeness (QED) is 0.166. The summed E-state index contributed by atoms with van der Waals surface area (Å²) in [6.07, 6.45) is -0.939. The molecule has 0 bridgehead atoms. The van der Waals surface area contributed by atoms with E-state index in [0.717, 1.165) is 22.4 Å². The van der Waals surface area contributed by atoms with Gasteiger partial charge in [-0.2, -0.15) is 4.31 Å². The molecule has 13 heteroatoms. The van der Waals surface area contributed by atoms with E-state index in [4.69, 9.17) is 28.4 Å². The van der Waals surface area contributed by atoms with Crippen LogP contribution in [-0.2, 0) is 49.8 Å². The first-order chi connectivity index (χ1) is 22.8. The van der Waals surface area contributed by atoms with Crippen molar-refractivity contribution in [3.05, 3.63) is 89.0 Å². The molecule has 0 radical (unpaired) electrons. The van der Waals surface area contributed by atoms with Crippen LogP contribution in [0.2, 0.25) is 0 Å². The van der Waals surface area contributed by atoms with Gasteiger partial charge in [0, 0.05) is 26.0 Å². The number of cyclic esters (lactones) is 1. The number of carbonyl (C=O) groups is 2. The summed E-state index contributed by atoms with van der Waals surface area (Å²) in [5.74, 6) is 0.807. The highest BCUT2D eigenvalue weighted by atomic mass is 32.2. The van der Waals surface area contributed by atoms with Gasteiger partial charge < -0.3 is 33.3 Å². The molecule has 12 nitrogen and oxygen atoms in total. The maximum atomic E-state index is 12.6. The molecule has 5 rings (SSSR count). The van der Waals surface area contributed by atoms with Crippen LogP contribution in [0.15, 0.2) is 66.7 Å². The van der Waals surface area contributed by atoms with Gasteiger partial charge in [0.1, 0.15) is 29.8 Å². The lowest BCUT2D eigenvalue weighted by Gasteiger charge is -2.32. The lowest BCUT2D eigenvalue weighted by molar-refractivity contribution is -0.180. The number of anilines is 1. The molecule has 258 valence electrons. The molecular formula is C35H42N2O10S.